The van der Waals surface area contributed by atoms with Crippen LogP contribution < -0.4 is 5.32 Å². The highest BCUT2D eigenvalue weighted by atomic mass is 16.5. The molecule has 1 atom stereocenters. The summed E-state index contributed by atoms with van der Waals surface area (Å²) in [6, 6.07) is 0.487. The number of nitrogens with zero attached hydrogens (tertiary/aromatic N) is 1. The molecule has 0 saturated carbocycles. The SMILES string of the molecule is Cc1oncc1C1CCCN1. The van der Waals surface area contributed by atoms with Crippen LogP contribution in [0.5, 0.6) is 0 Å². The molecule has 0 aromatic carbocycles. The molecule has 1 unspecified atom stereocenters. The third kappa shape index (κ3) is 1.16. The molecule has 3 nitrogen and oxygen atoms in total. The molecule has 60 valence electrons. The molecule has 0 aliphatic carbocycles. The van der Waals surface area contributed by atoms with Gasteiger partial charge in [-0.05, 0) is 26.3 Å². The largest absolute Gasteiger partial charge is 0.361 e. The van der Waals surface area contributed by atoms with Crippen LogP contribution >= 0.6 is 0 Å². The second-order valence-corrected chi connectivity index (χ2v) is 2.99. The van der Waals surface area contributed by atoms with E-state index in [1.54, 1.807) is 0 Å². The molecule has 1 aromatic rings. The number of aromatic nitrogens is 1. The summed E-state index contributed by atoms with van der Waals surface area (Å²) in [5.41, 5.74) is 1.22. The first kappa shape index (κ1) is 6.85. The zero-order chi connectivity index (χ0) is 7.68. The Kier molecular flexibility index (Phi) is 1.66. The van der Waals surface area contributed by atoms with Gasteiger partial charge in [-0.1, -0.05) is 5.16 Å². The minimum atomic E-state index is 0.487. The van der Waals surface area contributed by atoms with Gasteiger partial charge in [0.15, 0.2) is 0 Å². The van der Waals surface area contributed by atoms with E-state index in [4.69, 9.17) is 4.52 Å². The Bertz CT molecular complexity index is 238. The zero-order valence-electron chi connectivity index (χ0n) is 6.63. The Morgan fingerprint density at radius 3 is 3.18 bits per heavy atom. The Balaban J connectivity index is 2.21. The van der Waals surface area contributed by atoms with Crippen LogP contribution in [0.2, 0.25) is 0 Å². The summed E-state index contributed by atoms with van der Waals surface area (Å²) in [7, 11) is 0. The van der Waals surface area contributed by atoms with Crippen molar-refractivity contribution in [2.75, 3.05) is 6.54 Å². The van der Waals surface area contributed by atoms with Crippen LogP contribution in [0.25, 0.3) is 0 Å². The van der Waals surface area contributed by atoms with Crippen LogP contribution in [0.4, 0.5) is 0 Å². The van der Waals surface area contributed by atoms with Gasteiger partial charge in [-0.25, -0.2) is 0 Å². The molecular weight excluding hydrogens is 140 g/mol. The summed E-state index contributed by atoms with van der Waals surface area (Å²) >= 11 is 0. The predicted octanol–water partition coefficient (Wildman–Crippen LogP) is 1.41. The van der Waals surface area contributed by atoms with Crippen LogP contribution in [0.3, 0.4) is 0 Å². The average molecular weight is 152 g/mol. The molecule has 2 rings (SSSR count). The lowest BCUT2D eigenvalue weighted by molar-refractivity contribution is 0.394. The van der Waals surface area contributed by atoms with Crippen LogP contribution in [0.1, 0.15) is 30.2 Å². The lowest BCUT2D eigenvalue weighted by atomic mass is 10.1. The van der Waals surface area contributed by atoms with Crippen molar-refractivity contribution >= 4 is 0 Å². The van der Waals surface area contributed by atoms with Gasteiger partial charge in [0.2, 0.25) is 0 Å². The van der Waals surface area contributed by atoms with Gasteiger partial charge in [0.1, 0.15) is 5.76 Å². The van der Waals surface area contributed by atoms with E-state index in [9.17, 15) is 0 Å². The molecule has 1 fully saturated rings. The van der Waals surface area contributed by atoms with E-state index >= 15 is 0 Å². The van der Waals surface area contributed by atoms with Crippen molar-refractivity contribution in [3.63, 3.8) is 0 Å². The van der Waals surface area contributed by atoms with Gasteiger partial charge in [-0.3, -0.25) is 0 Å². The maximum absolute atomic E-state index is 4.99. The van der Waals surface area contributed by atoms with E-state index in [1.165, 1.54) is 18.4 Å². The normalized spacial score (nSPS) is 24.3. The predicted molar refractivity (Wildman–Crippen MR) is 41.2 cm³/mol. The fraction of sp³-hybridized carbons (Fsp3) is 0.625. The van der Waals surface area contributed by atoms with Crippen molar-refractivity contribution < 1.29 is 4.52 Å². The van der Waals surface area contributed by atoms with Crippen molar-refractivity contribution in [1.29, 1.82) is 0 Å². The molecule has 1 N–H and O–H groups in total. The highest BCUT2D eigenvalue weighted by Gasteiger charge is 2.19. The quantitative estimate of drug-likeness (QED) is 0.661. The maximum atomic E-state index is 4.99. The topological polar surface area (TPSA) is 38.1 Å². The second-order valence-electron chi connectivity index (χ2n) is 2.99. The second kappa shape index (κ2) is 2.66. The molecule has 0 radical (unpaired) electrons. The lowest BCUT2D eigenvalue weighted by Gasteiger charge is -2.06. The number of nitrogens with one attached hydrogen (secondary N) is 1. The van der Waals surface area contributed by atoms with Crippen LogP contribution in [-0.2, 0) is 0 Å². The Hall–Kier alpha value is -0.830. The molecule has 1 saturated heterocycles. The minimum absolute atomic E-state index is 0.487. The third-order valence-electron chi connectivity index (χ3n) is 2.22. The first-order valence-electron chi connectivity index (χ1n) is 4.02. The summed E-state index contributed by atoms with van der Waals surface area (Å²) < 4.78 is 4.99. The molecular formula is C8H12N2O. The molecule has 0 amide bonds. The molecule has 1 aromatic heterocycles. The maximum Gasteiger partial charge on any atom is 0.138 e. The zero-order valence-corrected chi connectivity index (χ0v) is 6.63. The number of rotatable bonds is 1. The summed E-state index contributed by atoms with van der Waals surface area (Å²) in [5.74, 6) is 0.949. The first-order valence-corrected chi connectivity index (χ1v) is 4.02. The van der Waals surface area contributed by atoms with Crippen LogP contribution in [0.15, 0.2) is 10.7 Å². The molecule has 3 heteroatoms. The van der Waals surface area contributed by atoms with Gasteiger partial charge in [-0.2, -0.15) is 0 Å². The molecule has 0 spiro atoms. The van der Waals surface area contributed by atoms with Crippen molar-refractivity contribution in [1.82, 2.24) is 10.5 Å². The van der Waals surface area contributed by atoms with E-state index < -0.39 is 0 Å². The van der Waals surface area contributed by atoms with E-state index in [0.717, 1.165) is 12.3 Å². The highest BCUT2D eigenvalue weighted by molar-refractivity contribution is 5.17. The summed E-state index contributed by atoms with van der Waals surface area (Å²) in [6.07, 6.45) is 4.29. The van der Waals surface area contributed by atoms with Gasteiger partial charge in [0, 0.05) is 11.6 Å². The number of aryl methyl sites for hydroxylation is 1. The fourth-order valence-corrected chi connectivity index (χ4v) is 1.59. The molecule has 0 bridgehead atoms. The molecule has 11 heavy (non-hydrogen) atoms. The lowest BCUT2D eigenvalue weighted by Crippen LogP contribution is -2.12. The van der Waals surface area contributed by atoms with Crippen LogP contribution in [0, 0.1) is 6.92 Å². The first-order chi connectivity index (χ1) is 5.38. The average Bonchev–Trinajstić information content (AvgIpc) is 2.55. The summed E-state index contributed by atoms with van der Waals surface area (Å²) in [4.78, 5) is 0. The summed E-state index contributed by atoms with van der Waals surface area (Å²) in [6.45, 7) is 3.08. The van der Waals surface area contributed by atoms with Crippen molar-refractivity contribution in [2.24, 2.45) is 0 Å². The van der Waals surface area contributed by atoms with Gasteiger partial charge >= 0.3 is 0 Å². The van der Waals surface area contributed by atoms with Crippen LogP contribution in [-0.4, -0.2) is 11.7 Å². The van der Waals surface area contributed by atoms with Gasteiger partial charge in [0.05, 0.1) is 6.20 Å². The highest BCUT2D eigenvalue weighted by Crippen LogP contribution is 2.24. The Morgan fingerprint density at radius 2 is 2.64 bits per heavy atom. The minimum Gasteiger partial charge on any atom is -0.361 e. The van der Waals surface area contributed by atoms with E-state index in [0.29, 0.717) is 6.04 Å². The summed E-state index contributed by atoms with van der Waals surface area (Å²) in [5, 5.41) is 7.15. The van der Waals surface area contributed by atoms with Gasteiger partial charge < -0.3 is 9.84 Å². The van der Waals surface area contributed by atoms with Gasteiger partial charge in [-0.15, -0.1) is 0 Å². The van der Waals surface area contributed by atoms with Crippen molar-refractivity contribution in [3.8, 4) is 0 Å². The van der Waals surface area contributed by atoms with E-state index in [1.807, 2.05) is 13.1 Å². The third-order valence-corrected chi connectivity index (χ3v) is 2.22. The van der Waals surface area contributed by atoms with Gasteiger partial charge in [0.25, 0.3) is 0 Å². The van der Waals surface area contributed by atoms with Crippen molar-refractivity contribution in [2.45, 2.75) is 25.8 Å². The van der Waals surface area contributed by atoms with E-state index in [2.05, 4.69) is 10.5 Å². The molecule has 1 aliphatic rings. The standard InChI is InChI=1S/C8H12N2O/c1-6-7(5-10-11-6)8-3-2-4-9-8/h5,8-9H,2-4H2,1H3. The fourth-order valence-electron chi connectivity index (χ4n) is 1.59. The van der Waals surface area contributed by atoms with E-state index in [-0.39, 0.29) is 0 Å². The van der Waals surface area contributed by atoms with Crippen molar-refractivity contribution in [3.05, 3.63) is 17.5 Å². The number of hydrogen-bond acceptors (Lipinski definition) is 3. The smallest absolute Gasteiger partial charge is 0.138 e. The Morgan fingerprint density at radius 1 is 1.73 bits per heavy atom. The number of hydrogen-bond donors (Lipinski definition) is 1. The molecule has 1 aliphatic heterocycles. The monoisotopic (exact) mass is 152 g/mol. The Labute approximate surface area is 65.8 Å². The molecule has 2 heterocycles.